The number of para-hydroxylation sites is 1. The second-order valence-electron chi connectivity index (χ2n) is 4.32. The van der Waals surface area contributed by atoms with E-state index in [0.29, 0.717) is 11.6 Å². The molecule has 0 bridgehead atoms. The summed E-state index contributed by atoms with van der Waals surface area (Å²) in [6.07, 6.45) is 1.69. The van der Waals surface area contributed by atoms with Crippen molar-refractivity contribution in [3.8, 4) is 11.5 Å². The molecule has 4 nitrogen and oxygen atoms in total. The van der Waals surface area contributed by atoms with Gasteiger partial charge in [-0.25, -0.2) is 4.98 Å². The maximum absolute atomic E-state index is 5.75. The van der Waals surface area contributed by atoms with Crippen molar-refractivity contribution >= 4 is 16.9 Å². The van der Waals surface area contributed by atoms with Crippen LogP contribution in [0.25, 0.3) is 11.0 Å². The van der Waals surface area contributed by atoms with Crippen LogP contribution < -0.4 is 10.5 Å². The number of aryl methyl sites for hydroxylation is 1. The van der Waals surface area contributed by atoms with Gasteiger partial charge in [-0.3, -0.25) is 4.98 Å². The van der Waals surface area contributed by atoms with Gasteiger partial charge in [-0.15, -0.1) is 0 Å². The van der Waals surface area contributed by atoms with E-state index in [1.54, 1.807) is 6.20 Å². The van der Waals surface area contributed by atoms with Crippen LogP contribution in [0.3, 0.4) is 0 Å². The van der Waals surface area contributed by atoms with Gasteiger partial charge < -0.3 is 10.5 Å². The quantitative estimate of drug-likeness (QED) is 0.759. The van der Waals surface area contributed by atoms with Crippen LogP contribution in [0, 0.1) is 6.92 Å². The number of anilines is 1. The maximum Gasteiger partial charge on any atom is 0.147 e. The third-order valence-corrected chi connectivity index (χ3v) is 2.81. The molecule has 0 radical (unpaired) electrons. The first-order valence-electron chi connectivity index (χ1n) is 5.98. The summed E-state index contributed by atoms with van der Waals surface area (Å²) < 4.78 is 5.72. The molecular weight excluding hydrogens is 238 g/mol. The number of pyridine rings is 2. The average molecular weight is 251 g/mol. The summed E-state index contributed by atoms with van der Waals surface area (Å²) >= 11 is 0. The van der Waals surface area contributed by atoms with E-state index < -0.39 is 0 Å². The molecule has 0 saturated carbocycles. The van der Waals surface area contributed by atoms with Crippen molar-refractivity contribution in [2.24, 2.45) is 0 Å². The lowest BCUT2D eigenvalue weighted by Gasteiger charge is -2.07. The Morgan fingerprint density at radius 3 is 2.63 bits per heavy atom. The third-order valence-electron chi connectivity index (χ3n) is 2.81. The van der Waals surface area contributed by atoms with E-state index in [9.17, 15) is 0 Å². The number of nitrogens with zero attached hydrogens (tertiary/aromatic N) is 2. The molecule has 4 heteroatoms. The summed E-state index contributed by atoms with van der Waals surface area (Å²) in [5, 5.41) is 0. The molecule has 0 aliphatic carbocycles. The standard InChI is InChI=1S/C15H13N3O/c1-10-7-14(16)18-13-8-12(9-17-15(10)13)19-11-5-3-2-4-6-11/h2-9H,1H3,(H2,16,18). The Kier molecular flexibility index (Phi) is 2.76. The highest BCUT2D eigenvalue weighted by Crippen LogP contribution is 2.24. The molecule has 0 unspecified atom stereocenters. The molecule has 3 aromatic rings. The Morgan fingerprint density at radius 1 is 1.05 bits per heavy atom. The molecule has 0 saturated heterocycles. The lowest BCUT2D eigenvalue weighted by atomic mass is 10.2. The molecule has 0 fully saturated rings. The van der Waals surface area contributed by atoms with E-state index >= 15 is 0 Å². The van der Waals surface area contributed by atoms with Crippen LogP contribution in [0.5, 0.6) is 11.5 Å². The number of rotatable bonds is 2. The number of ether oxygens (including phenoxy) is 1. The highest BCUT2D eigenvalue weighted by atomic mass is 16.5. The highest BCUT2D eigenvalue weighted by molar-refractivity contribution is 5.80. The Morgan fingerprint density at radius 2 is 1.84 bits per heavy atom. The Labute approximate surface area is 110 Å². The first-order valence-corrected chi connectivity index (χ1v) is 5.98. The third kappa shape index (κ3) is 2.33. The van der Waals surface area contributed by atoms with Crippen LogP contribution in [-0.2, 0) is 0 Å². The Hall–Kier alpha value is -2.62. The largest absolute Gasteiger partial charge is 0.456 e. The number of hydrogen-bond donors (Lipinski definition) is 1. The minimum atomic E-state index is 0.490. The topological polar surface area (TPSA) is 61.0 Å². The molecule has 0 aliphatic rings. The van der Waals surface area contributed by atoms with Crippen LogP contribution in [0.2, 0.25) is 0 Å². The smallest absolute Gasteiger partial charge is 0.147 e. The molecule has 94 valence electrons. The summed E-state index contributed by atoms with van der Waals surface area (Å²) in [6, 6.07) is 13.2. The van der Waals surface area contributed by atoms with Gasteiger partial charge in [0.1, 0.15) is 17.3 Å². The van der Waals surface area contributed by atoms with Crippen molar-refractivity contribution in [1.82, 2.24) is 9.97 Å². The predicted octanol–water partition coefficient (Wildman–Crippen LogP) is 3.31. The van der Waals surface area contributed by atoms with Crippen molar-refractivity contribution in [2.45, 2.75) is 6.92 Å². The second-order valence-corrected chi connectivity index (χ2v) is 4.32. The van der Waals surface area contributed by atoms with E-state index in [4.69, 9.17) is 10.5 Å². The molecule has 3 rings (SSSR count). The molecule has 1 aromatic carbocycles. The van der Waals surface area contributed by atoms with Gasteiger partial charge in [-0.05, 0) is 30.7 Å². The van der Waals surface area contributed by atoms with E-state index in [-0.39, 0.29) is 0 Å². The van der Waals surface area contributed by atoms with Gasteiger partial charge in [0, 0.05) is 6.07 Å². The molecule has 0 aliphatic heterocycles. The number of fused-ring (bicyclic) bond motifs is 1. The summed E-state index contributed by atoms with van der Waals surface area (Å²) in [6.45, 7) is 1.96. The minimum Gasteiger partial charge on any atom is -0.456 e. The number of nitrogens with two attached hydrogens (primary N) is 1. The summed E-state index contributed by atoms with van der Waals surface area (Å²) in [5.74, 6) is 1.91. The van der Waals surface area contributed by atoms with Crippen molar-refractivity contribution in [3.05, 3.63) is 54.2 Å². The van der Waals surface area contributed by atoms with Gasteiger partial charge in [0.2, 0.25) is 0 Å². The van der Waals surface area contributed by atoms with Crippen molar-refractivity contribution in [1.29, 1.82) is 0 Å². The van der Waals surface area contributed by atoms with Crippen LogP contribution in [0.1, 0.15) is 5.56 Å². The summed E-state index contributed by atoms with van der Waals surface area (Å²) in [7, 11) is 0. The van der Waals surface area contributed by atoms with Gasteiger partial charge in [-0.1, -0.05) is 18.2 Å². The van der Waals surface area contributed by atoms with Gasteiger partial charge in [-0.2, -0.15) is 0 Å². The highest BCUT2D eigenvalue weighted by Gasteiger charge is 2.05. The lowest BCUT2D eigenvalue weighted by molar-refractivity contribution is 0.481. The fraction of sp³-hybridized carbons (Fsp3) is 0.0667. The molecule has 2 N–H and O–H groups in total. The van der Waals surface area contributed by atoms with Crippen LogP contribution in [0.15, 0.2) is 48.7 Å². The molecule has 19 heavy (non-hydrogen) atoms. The Bertz CT molecular complexity index is 726. The number of aromatic nitrogens is 2. The Balaban J connectivity index is 2.02. The minimum absolute atomic E-state index is 0.490. The first-order chi connectivity index (χ1) is 9.22. The zero-order chi connectivity index (χ0) is 13.2. The molecule has 0 amide bonds. The van der Waals surface area contributed by atoms with E-state index in [1.165, 1.54) is 0 Å². The zero-order valence-electron chi connectivity index (χ0n) is 10.5. The molecule has 0 atom stereocenters. The van der Waals surface area contributed by atoms with Gasteiger partial charge in [0.15, 0.2) is 0 Å². The number of benzene rings is 1. The van der Waals surface area contributed by atoms with Crippen molar-refractivity contribution < 1.29 is 4.74 Å². The predicted molar refractivity (Wildman–Crippen MR) is 75.2 cm³/mol. The average Bonchev–Trinajstić information content (AvgIpc) is 2.39. The summed E-state index contributed by atoms with van der Waals surface area (Å²) in [4.78, 5) is 8.65. The second kappa shape index (κ2) is 4.57. The first kappa shape index (κ1) is 11.5. The van der Waals surface area contributed by atoms with Crippen molar-refractivity contribution in [2.75, 3.05) is 5.73 Å². The molecular formula is C15H13N3O. The van der Waals surface area contributed by atoms with E-state index in [1.807, 2.05) is 49.4 Å². The van der Waals surface area contributed by atoms with Crippen LogP contribution >= 0.6 is 0 Å². The summed E-state index contributed by atoms with van der Waals surface area (Å²) in [5.41, 5.74) is 8.34. The van der Waals surface area contributed by atoms with Gasteiger partial charge >= 0.3 is 0 Å². The monoisotopic (exact) mass is 251 g/mol. The maximum atomic E-state index is 5.75. The lowest BCUT2D eigenvalue weighted by Crippen LogP contribution is -1.95. The SMILES string of the molecule is Cc1cc(N)nc2cc(Oc3ccccc3)cnc12. The zero-order valence-corrected chi connectivity index (χ0v) is 10.5. The fourth-order valence-electron chi connectivity index (χ4n) is 1.97. The van der Waals surface area contributed by atoms with Crippen LogP contribution in [-0.4, -0.2) is 9.97 Å². The molecule has 2 aromatic heterocycles. The van der Waals surface area contributed by atoms with Crippen molar-refractivity contribution in [3.63, 3.8) is 0 Å². The molecule has 2 heterocycles. The number of nitrogen functional groups attached to an aromatic ring is 1. The van der Waals surface area contributed by atoms with Crippen LogP contribution in [0.4, 0.5) is 5.82 Å². The van der Waals surface area contributed by atoms with E-state index in [0.717, 1.165) is 22.3 Å². The normalized spacial score (nSPS) is 10.6. The number of hydrogen-bond acceptors (Lipinski definition) is 4. The van der Waals surface area contributed by atoms with Gasteiger partial charge in [0.05, 0.1) is 17.2 Å². The van der Waals surface area contributed by atoms with E-state index in [2.05, 4.69) is 9.97 Å². The molecule has 0 spiro atoms. The fourth-order valence-corrected chi connectivity index (χ4v) is 1.97. The van der Waals surface area contributed by atoms with Gasteiger partial charge in [0.25, 0.3) is 0 Å².